The molecule has 0 saturated heterocycles. The molecular weight excluding hydrogens is 214 g/mol. The van der Waals surface area contributed by atoms with E-state index < -0.39 is 0 Å². The Hall–Kier alpha value is -1.00. The van der Waals surface area contributed by atoms with Gasteiger partial charge in [-0.1, -0.05) is 13.2 Å². The molecule has 0 aliphatic carbocycles. The number of hydrogen-bond acceptors (Lipinski definition) is 2. The first-order valence-corrected chi connectivity index (χ1v) is 5.25. The molecule has 0 unspecified atom stereocenters. The average Bonchev–Trinajstić information content (AvgIpc) is 2.26. The number of nitrogens with two attached hydrogens (primary N) is 1. The van der Waals surface area contributed by atoms with Crippen molar-refractivity contribution in [1.82, 2.24) is 9.91 Å². The lowest BCUT2D eigenvalue weighted by Crippen LogP contribution is -2.45. The van der Waals surface area contributed by atoms with Gasteiger partial charge in [0.05, 0.1) is 0 Å². The molecule has 0 heterocycles. The highest BCUT2D eigenvalue weighted by Crippen LogP contribution is 2.03. The Labute approximate surface area is 95.9 Å². The van der Waals surface area contributed by atoms with Gasteiger partial charge < -0.3 is 0 Å². The number of nitrogens with zero attached hydrogens (tertiary/aromatic N) is 2. The van der Waals surface area contributed by atoms with Crippen LogP contribution in [0, 0.1) is 0 Å². The van der Waals surface area contributed by atoms with Crippen molar-refractivity contribution < 1.29 is 4.79 Å². The first-order chi connectivity index (χ1) is 7.04. The van der Waals surface area contributed by atoms with Gasteiger partial charge in [-0.05, 0) is 18.9 Å². The largest absolute Gasteiger partial charge is 0.338 e. The Morgan fingerprint density at radius 2 is 2.13 bits per heavy atom. The molecule has 2 N–H and O–H groups in total. The van der Waals surface area contributed by atoms with E-state index in [4.69, 9.17) is 17.4 Å². The van der Waals surface area contributed by atoms with E-state index in [1.165, 1.54) is 11.0 Å². The summed E-state index contributed by atoms with van der Waals surface area (Å²) < 4.78 is 0. The van der Waals surface area contributed by atoms with Gasteiger partial charge in [0.1, 0.15) is 0 Å². The smallest absolute Gasteiger partial charge is 0.297 e. The van der Waals surface area contributed by atoms with Gasteiger partial charge in [0.15, 0.2) is 0 Å². The second-order valence-electron chi connectivity index (χ2n) is 3.13. The molecule has 0 spiro atoms. The summed E-state index contributed by atoms with van der Waals surface area (Å²) in [7, 11) is 1.60. The number of unbranched alkanes of at least 4 members (excludes halogenated alkanes) is 1. The Kier molecular flexibility index (Phi) is 6.83. The molecule has 0 radical (unpaired) electrons. The number of rotatable bonds is 6. The number of carbonyl (C=O) groups excluding carboxylic acids is 1. The fourth-order valence-corrected chi connectivity index (χ4v) is 1.11. The fraction of sp³-hybridized carbons (Fsp3) is 0.500. The Morgan fingerprint density at radius 1 is 1.53 bits per heavy atom. The number of likely N-dealkylation sites (N-methyl/N-ethyl adjacent to an activating group) is 1. The van der Waals surface area contributed by atoms with E-state index in [0.29, 0.717) is 18.1 Å². The van der Waals surface area contributed by atoms with Gasteiger partial charge in [-0.3, -0.25) is 9.91 Å². The van der Waals surface area contributed by atoms with Crippen LogP contribution in [0.4, 0.5) is 4.79 Å². The van der Waals surface area contributed by atoms with Crippen LogP contribution in [0.3, 0.4) is 0 Å². The molecule has 0 aromatic carbocycles. The fourth-order valence-electron chi connectivity index (χ4n) is 0.925. The molecule has 5 heteroatoms. The van der Waals surface area contributed by atoms with Crippen molar-refractivity contribution in [2.75, 3.05) is 19.5 Å². The monoisotopic (exact) mass is 231 g/mol. The lowest BCUT2D eigenvalue weighted by molar-refractivity contribution is 0.174. The number of hydrazine groups is 1. The number of hydrogen-bond donors (Lipinski definition) is 1. The molecule has 86 valence electrons. The van der Waals surface area contributed by atoms with Crippen LogP contribution in [-0.4, -0.2) is 35.4 Å². The number of allylic oxidation sites excluding steroid dienone is 1. The molecule has 0 aliphatic heterocycles. The van der Waals surface area contributed by atoms with Crippen molar-refractivity contribution in [3.8, 4) is 0 Å². The Morgan fingerprint density at radius 3 is 2.60 bits per heavy atom. The zero-order valence-corrected chi connectivity index (χ0v) is 9.83. The van der Waals surface area contributed by atoms with Crippen molar-refractivity contribution in [2.45, 2.75) is 12.8 Å². The highest BCUT2D eigenvalue weighted by Gasteiger charge is 2.14. The van der Waals surface area contributed by atoms with Gasteiger partial charge in [0.25, 0.3) is 0 Å². The lowest BCUT2D eigenvalue weighted by Gasteiger charge is -2.24. The highest BCUT2D eigenvalue weighted by molar-refractivity contribution is 6.17. The van der Waals surface area contributed by atoms with E-state index in [0.717, 1.165) is 17.9 Å². The highest BCUT2D eigenvalue weighted by atomic mass is 35.5. The second kappa shape index (κ2) is 7.31. The van der Waals surface area contributed by atoms with Crippen LogP contribution in [0.5, 0.6) is 0 Å². The van der Waals surface area contributed by atoms with E-state index in [2.05, 4.69) is 13.2 Å². The normalized spacial score (nSPS) is 9.53. The first kappa shape index (κ1) is 14.0. The van der Waals surface area contributed by atoms with Crippen molar-refractivity contribution >= 4 is 17.6 Å². The van der Waals surface area contributed by atoms with Crippen molar-refractivity contribution in [3.05, 3.63) is 24.9 Å². The van der Waals surface area contributed by atoms with Crippen LogP contribution in [0.2, 0.25) is 0 Å². The van der Waals surface area contributed by atoms with Gasteiger partial charge in [-0.2, -0.15) is 0 Å². The molecule has 15 heavy (non-hydrogen) atoms. The van der Waals surface area contributed by atoms with E-state index in [-0.39, 0.29) is 6.03 Å². The van der Waals surface area contributed by atoms with Crippen LogP contribution in [0.15, 0.2) is 24.9 Å². The van der Waals surface area contributed by atoms with Gasteiger partial charge in [0, 0.05) is 25.2 Å². The third-order valence-electron chi connectivity index (χ3n) is 1.98. The molecule has 0 atom stereocenters. The summed E-state index contributed by atoms with van der Waals surface area (Å²) in [6, 6.07) is -0.297. The first-order valence-electron chi connectivity index (χ1n) is 4.71. The number of halogens is 1. The quantitative estimate of drug-likeness (QED) is 0.190. The molecule has 2 amide bonds. The third kappa shape index (κ3) is 4.85. The maximum absolute atomic E-state index is 11.6. The number of amides is 2. The van der Waals surface area contributed by atoms with Gasteiger partial charge >= 0.3 is 6.03 Å². The molecule has 0 bridgehead atoms. The summed E-state index contributed by atoms with van der Waals surface area (Å²) in [5.74, 6) is 6.16. The van der Waals surface area contributed by atoms with E-state index in [1.54, 1.807) is 7.05 Å². The number of alkyl halides is 1. The van der Waals surface area contributed by atoms with E-state index >= 15 is 0 Å². The lowest BCUT2D eigenvalue weighted by atomic mass is 10.3. The minimum Gasteiger partial charge on any atom is -0.297 e. The molecule has 0 aromatic heterocycles. The maximum atomic E-state index is 11.6. The maximum Gasteiger partial charge on any atom is 0.338 e. The minimum atomic E-state index is -0.297. The Bertz CT molecular complexity index is 243. The van der Waals surface area contributed by atoms with Crippen molar-refractivity contribution in [1.29, 1.82) is 0 Å². The standard InChI is InChI=1S/C10H18ClN3O/c1-4-9(2)13(3)10(15)14(12)8-6-5-7-11/h4H,1-2,5-8,12H2,3H3. The molecule has 0 aromatic rings. The van der Waals surface area contributed by atoms with Crippen LogP contribution in [0.1, 0.15) is 12.8 Å². The number of carbonyl (C=O) groups is 1. The van der Waals surface area contributed by atoms with Crippen molar-refractivity contribution in [2.24, 2.45) is 5.84 Å². The second-order valence-corrected chi connectivity index (χ2v) is 3.50. The van der Waals surface area contributed by atoms with Crippen LogP contribution in [0.25, 0.3) is 0 Å². The SMILES string of the molecule is C=CC(=C)N(C)C(=O)N(N)CCCCCl. The molecule has 0 aliphatic rings. The van der Waals surface area contributed by atoms with Crippen LogP contribution >= 0.6 is 11.6 Å². The zero-order chi connectivity index (χ0) is 11.8. The molecule has 0 fully saturated rings. The summed E-state index contributed by atoms with van der Waals surface area (Å²) in [5.41, 5.74) is 0.521. The zero-order valence-electron chi connectivity index (χ0n) is 9.08. The minimum absolute atomic E-state index is 0.297. The molecule has 4 nitrogen and oxygen atoms in total. The summed E-state index contributed by atoms with van der Waals surface area (Å²) >= 11 is 5.52. The molecule has 0 rings (SSSR count). The molecule has 0 saturated carbocycles. The van der Waals surface area contributed by atoms with Gasteiger partial charge in [0.2, 0.25) is 0 Å². The Balaban J connectivity index is 4.07. The van der Waals surface area contributed by atoms with Crippen LogP contribution in [-0.2, 0) is 0 Å². The van der Waals surface area contributed by atoms with E-state index in [1.807, 2.05) is 0 Å². The number of urea groups is 1. The van der Waals surface area contributed by atoms with Crippen LogP contribution < -0.4 is 5.84 Å². The third-order valence-corrected chi connectivity index (χ3v) is 2.25. The molecular formula is C10H18ClN3O. The topological polar surface area (TPSA) is 49.6 Å². The predicted molar refractivity (Wildman–Crippen MR) is 63.3 cm³/mol. The van der Waals surface area contributed by atoms with Crippen molar-refractivity contribution in [3.63, 3.8) is 0 Å². The average molecular weight is 232 g/mol. The summed E-state index contributed by atoms with van der Waals surface area (Å²) in [6.07, 6.45) is 3.14. The summed E-state index contributed by atoms with van der Waals surface area (Å²) in [5, 5.41) is 1.15. The summed E-state index contributed by atoms with van der Waals surface area (Å²) in [4.78, 5) is 13.0. The summed E-state index contributed by atoms with van der Waals surface area (Å²) in [6.45, 7) is 7.67. The van der Waals surface area contributed by atoms with Gasteiger partial charge in [-0.15, -0.1) is 11.6 Å². The van der Waals surface area contributed by atoms with Gasteiger partial charge in [-0.25, -0.2) is 10.6 Å². The predicted octanol–water partition coefficient (Wildman–Crippen LogP) is 1.93. The van der Waals surface area contributed by atoms with E-state index in [9.17, 15) is 4.79 Å².